The third-order valence-corrected chi connectivity index (χ3v) is 2.87. The SMILES string of the molecule is CCNCCCc1nnc(C(C)C(C)C)o1. The summed E-state index contributed by atoms with van der Waals surface area (Å²) in [5, 5.41) is 11.4. The van der Waals surface area contributed by atoms with Crippen molar-refractivity contribution in [2.75, 3.05) is 13.1 Å². The lowest BCUT2D eigenvalue weighted by Crippen LogP contribution is -2.14. The molecule has 0 aromatic carbocycles. The normalized spacial score (nSPS) is 13.3. The van der Waals surface area contributed by atoms with E-state index in [-0.39, 0.29) is 0 Å². The summed E-state index contributed by atoms with van der Waals surface area (Å²) in [6, 6.07) is 0. The quantitative estimate of drug-likeness (QED) is 0.724. The molecule has 0 aliphatic heterocycles. The maximum Gasteiger partial charge on any atom is 0.219 e. The highest BCUT2D eigenvalue weighted by Gasteiger charge is 2.16. The second kappa shape index (κ2) is 6.63. The minimum Gasteiger partial charge on any atom is -0.425 e. The van der Waals surface area contributed by atoms with Gasteiger partial charge in [0.15, 0.2) is 0 Å². The van der Waals surface area contributed by atoms with Crippen LogP contribution in [0.1, 0.15) is 51.8 Å². The standard InChI is InChI=1S/C12H23N3O/c1-5-13-8-6-7-11-14-15-12(16-11)10(4)9(2)3/h9-10,13H,5-8H2,1-4H3. The number of aromatic nitrogens is 2. The van der Waals surface area contributed by atoms with Gasteiger partial charge in [-0.1, -0.05) is 27.7 Å². The monoisotopic (exact) mass is 225 g/mol. The van der Waals surface area contributed by atoms with Crippen LogP contribution in [0.2, 0.25) is 0 Å². The molecule has 92 valence electrons. The molecule has 0 radical (unpaired) electrons. The van der Waals surface area contributed by atoms with E-state index >= 15 is 0 Å². The zero-order chi connectivity index (χ0) is 12.0. The highest BCUT2D eigenvalue weighted by Crippen LogP contribution is 2.22. The predicted molar refractivity (Wildman–Crippen MR) is 64.4 cm³/mol. The second-order valence-corrected chi connectivity index (χ2v) is 4.52. The molecule has 1 aromatic heterocycles. The van der Waals surface area contributed by atoms with Crippen molar-refractivity contribution in [3.8, 4) is 0 Å². The summed E-state index contributed by atoms with van der Waals surface area (Å²) < 4.78 is 5.64. The number of hydrogen-bond acceptors (Lipinski definition) is 4. The molecular weight excluding hydrogens is 202 g/mol. The molecule has 1 unspecified atom stereocenters. The Morgan fingerprint density at radius 2 is 2.00 bits per heavy atom. The Labute approximate surface area is 97.8 Å². The van der Waals surface area contributed by atoms with Crippen molar-refractivity contribution in [2.24, 2.45) is 5.92 Å². The molecule has 0 saturated carbocycles. The molecule has 0 aliphatic carbocycles. The fourth-order valence-electron chi connectivity index (χ4n) is 1.38. The Bertz CT molecular complexity index is 296. The molecule has 4 nitrogen and oxygen atoms in total. The van der Waals surface area contributed by atoms with Gasteiger partial charge in [0.1, 0.15) is 0 Å². The molecule has 1 N–H and O–H groups in total. The highest BCUT2D eigenvalue weighted by molar-refractivity contribution is 4.90. The minimum absolute atomic E-state index is 0.343. The average molecular weight is 225 g/mol. The van der Waals surface area contributed by atoms with E-state index in [4.69, 9.17) is 4.42 Å². The van der Waals surface area contributed by atoms with E-state index < -0.39 is 0 Å². The molecule has 0 fully saturated rings. The van der Waals surface area contributed by atoms with Crippen LogP contribution in [0, 0.1) is 5.92 Å². The van der Waals surface area contributed by atoms with Crippen molar-refractivity contribution in [2.45, 2.75) is 46.5 Å². The summed E-state index contributed by atoms with van der Waals surface area (Å²) in [5.41, 5.74) is 0. The molecule has 1 rings (SSSR count). The van der Waals surface area contributed by atoms with Crippen molar-refractivity contribution < 1.29 is 4.42 Å². The zero-order valence-electron chi connectivity index (χ0n) is 10.8. The zero-order valence-corrected chi connectivity index (χ0v) is 10.8. The van der Waals surface area contributed by atoms with E-state index in [0.717, 1.165) is 37.7 Å². The topological polar surface area (TPSA) is 51.0 Å². The molecule has 1 aromatic rings. The number of nitrogens with zero attached hydrogens (tertiary/aromatic N) is 2. The third-order valence-electron chi connectivity index (χ3n) is 2.87. The fourth-order valence-corrected chi connectivity index (χ4v) is 1.38. The molecule has 0 aliphatic rings. The van der Waals surface area contributed by atoms with Crippen molar-refractivity contribution in [1.29, 1.82) is 0 Å². The maximum atomic E-state index is 5.64. The van der Waals surface area contributed by atoms with Crippen molar-refractivity contribution in [3.63, 3.8) is 0 Å². The van der Waals surface area contributed by atoms with Gasteiger partial charge in [0.2, 0.25) is 11.8 Å². The van der Waals surface area contributed by atoms with Crippen LogP contribution in [-0.4, -0.2) is 23.3 Å². The lowest BCUT2D eigenvalue weighted by Gasteiger charge is -2.09. The average Bonchev–Trinajstić information content (AvgIpc) is 2.72. The molecule has 0 amide bonds. The van der Waals surface area contributed by atoms with Gasteiger partial charge in [-0.3, -0.25) is 0 Å². The second-order valence-electron chi connectivity index (χ2n) is 4.52. The van der Waals surface area contributed by atoms with Gasteiger partial charge in [0.25, 0.3) is 0 Å². The largest absolute Gasteiger partial charge is 0.425 e. The van der Waals surface area contributed by atoms with Crippen LogP contribution >= 0.6 is 0 Å². The predicted octanol–water partition coefficient (Wildman–Crippen LogP) is 2.37. The molecule has 0 spiro atoms. The number of aryl methyl sites for hydroxylation is 1. The minimum atomic E-state index is 0.343. The van der Waals surface area contributed by atoms with Crippen LogP contribution in [0.15, 0.2) is 4.42 Å². The number of hydrogen-bond donors (Lipinski definition) is 1. The van der Waals surface area contributed by atoms with E-state index in [0.29, 0.717) is 11.8 Å². The van der Waals surface area contributed by atoms with Crippen LogP contribution in [0.5, 0.6) is 0 Å². The van der Waals surface area contributed by atoms with Crippen molar-refractivity contribution >= 4 is 0 Å². The molecular formula is C12H23N3O. The van der Waals surface area contributed by atoms with Gasteiger partial charge in [-0.2, -0.15) is 0 Å². The Balaban J connectivity index is 2.39. The summed E-state index contributed by atoms with van der Waals surface area (Å²) >= 11 is 0. The van der Waals surface area contributed by atoms with E-state index in [1.165, 1.54) is 0 Å². The maximum absolute atomic E-state index is 5.64. The van der Waals surface area contributed by atoms with Crippen molar-refractivity contribution in [1.82, 2.24) is 15.5 Å². The van der Waals surface area contributed by atoms with Crippen LogP contribution < -0.4 is 5.32 Å². The van der Waals surface area contributed by atoms with Crippen LogP contribution in [0.25, 0.3) is 0 Å². The van der Waals surface area contributed by atoms with Gasteiger partial charge in [-0.25, -0.2) is 0 Å². The van der Waals surface area contributed by atoms with Gasteiger partial charge in [-0.15, -0.1) is 10.2 Å². The Morgan fingerprint density at radius 3 is 2.62 bits per heavy atom. The Kier molecular flexibility index (Phi) is 5.46. The Morgan fingerprint density at radius 1 is 1.25 bits per heavy atom. The van der Waals surface area contributed by atoms with E-state index in [9.17, 15) is 0 Å². The molecule has 1 atom stereocenters. The fraction of sp³-hybridized carbons (Fsp3) is 0.833. The third kappa shape index (κ3) is 3.93. The van der Waals surface area contributed by atoms with Crippen LogP contribution in [-0.2, 0) is 6.42 Å². The van der Waals surface area contributed by atoms with E-state index in [2.05, 4.69) is 43.2 Å². The highest BCUT2D eigenvalue weighted by atomic mass is 16.4. The van der Waals surface area contributed by atoms with Gasteiger partial charge >= 0.3 is 0 Å². The number of rotatable bonds is 7. The molecule has 4 heteroatoms. The lowest BCUT2D eigenvalue weighted by atomic mass is 9.98. The van der Waals surface area contributed by atoms with Crippen LogP contribution in [0.4, 0.5) is 0 Å². The van der Waals surface area contributed by atoms with Gasteiger partial charge in [0.05, 0.1) is 0 Å². The van der Waals surface area contributed by atoms with Gasteiger partial charge in [-0.05, 0) is 25.4 Å². The van der Waals surface area contributed by atoms with E-state index in [1.54, 1.807) is 0 Å². The smallest absolute Gasteiger partial charge is 0.219 e. The first-order chi connectivity index (χ1) is 7.65. The first kappa shape index (κ1) is 13.2. The van der Waals surface area contributed by atoms with Crippen molar-refractivity contribution in [3.05, 3.63) is 11.8 Å². The van der Waals surface area contributed by atoms with Crippen LogP contribution in [0.3, 0.4) is 0 Å². The molecule has 0 bridgehead atoms. The molecule has 1 heterocycles. The van der Waals surface area contributed by atoms with Gasteiger partial charge in [0, 0.05) is 12.3 Å². The Hall–Kier alpha value is -0.900. The summed E-state index contributed by atoms with van der Waals surface area (Å²) in [7, 11) is 0. The summed E-state index contributed by atoms with van der Waals surface area (Å²) in [6.45, 7) is 10.6. The molecule has 16 heavy (non-hydrogen) atoms. The molecule has 0 saturated heterocycles. The first-order valence-corrected chi connectivity index (χ1v) is 6.18. The summed E-state index contributed by atoms with van der Waals surface area (Å²) in [4.78, 5) is 0. The number of nitrogens with one attached hydrogen (secondary N) is 1. The van der Waals surface area contributed by atoms with E-state index in [1.807, 2.05) is 0 Å². The summed E-state index contributed by atoms with van der Waals surface area (Å²) in [6.07, 6.45) is 1.91. The first-order valence-electron chi connectivity index (χ1n) is 6.18. The lowest BCUT2D eigenvalue weighted by molar-refractivity contribution is 0.378. The van der Waals surface area contributed by atoms with Gasteiger partial charge < -0.3 is 9.73 Å². The summed E-state index contributed by atoms with van der Waals surface area (Å²) in [5.74, 6) is 2.42.